The van der Waals surface area contributed by atoms with Gasteiger partial charge in [0.2, 0.25) is 0 Å². The Kier molecular flexibility index (Phi) is 2.30. The monoisotopic (exact) mass is 198 g/mol. The lowest BCUT2D eigenvalue weighted by Crippen LogP contribution is -2.12. The van der Waals surface area contributed by atoms with Gasteiger partial charge in [0.05, 0.1) is 0 Å². The predicted molar refractivity (Wildman–Crippen MR) is 66.6 cm³/mol. The first-order valence-corrected chi connectivity index (χ1v) is 5.52. The van der Waals surface area contributed by atoms with Crippen LogP contribution in [0.5, 0.6) is 0 Å². The molecule has 15 heavy (non-hydrogen) atoms. The van der Waals surface area contributed by atoms with Crippen molar-refractivity contribution in [2.24, 2.45) is 5.41 Å². The van der Waals surface area contributed by atoms with Gasteiger partial charge in [0, 0.05) is 5.41 Å². The Hall–Kier alpha value is -1.30. The molecular formula is C15H18. The van der Waals surface area contributed by atoms with Crippen molar-refractivity contribution in [1.29, 1.82) is 0 Å². The lowest BCUT2D eigenvalue weighted by molar-refractivity contribution is 0.576. The zero-order valence-electron chi connectivity index (χ0n) is 9.64. The minimum Gasteiger partial charge on any atom is -0.0991 e. The molecule has 0 nitrogen and oxygen atoms in total. The smallest absolute Gasteiger partial charge is 0.0155 e. The van der Waals surface area contributed by atoms with Crippen molar-refractivity contribution in [3.63, 3.8) is 0 Å². The van der Waals surface area contributed by atoms with Crippen LogP contribution in [0.25, 0.3) is 0 Å². The lowest BCUT2D eigenvalue weighted by atomic mass is 9.80. The molecule has 0 heterocycles. The second kappa shape index (κ2) is 3.37. The molecule has 0 unspecified atom stereocenters. The molecule has 2 aliphatic carbocycles. The van der Waals surface area contributed by atoms with E-state index in [9.17, 15) is 0 Å². The van der Waals surface area contributed by atoms with E-state index in [2.05, 4.69) is 45.2 Å². The molecule has 0 saturated heterocycles. The Bertz CT molecular complexity index is 411. The van der Waals surface area contributed by atoms with Crippen molar-refractivity contribution in [2.45, 2.75) is 26.7 Å². The van der Waals surface area contributed by atoms with Gasteiger partial charge in [-0.2, -0.15) is 0 Å². The average molecular weight is 198 g/mol. The topological polar surface area (TPSA) is 0 Å². The van der Waals surface area contributed by atoms with E-state index in [-0.39, 0.29) is 5.41 Å². The standard InChI is InChI=1S/C15H18/c1-5-8-13-11(2)12-9-6-7-10-14(12)15(13,3)4/h5,7-8,10H,1-2,6,9H2,3-4H3/b13-8+. The Morgan fingerprint density at radius 3 is 2.73 bits per heavy atom. The zero-order chi connectivity index (χ0) is 11.1. The molecule has 0 spiro atoms. The van der Waals surface area contributed by atoms with Crippen molar-refractivity contribution in [1.82, 2.24) is 0 Å². The highest BCUT2D eigenvalue weighted by Gasteiger charge is 2.38. The molecule has 0 radical (unpaired) electrons. The van der Waals surface area contributed by atoms with E-state index >= 15 is 0 Å². The van der Waals surface area contributed by atoms with Gasteiger partial charge >= 0.3 is 0 Å². The van der Waals surface area contributed by atoms with E-state index in [0.29, 0.717) is 0 Å². The van der Waals surface area contributed by atoms with Gasteiger partial charge in [0.25, 0.3) is 0 Å². The van der Waals surface area contributed by atoms with E-state index in [1.54, 1.807) is 0 Å². The van der Waals surface area contributed by atoms with Crippen LogP contribution in [0.2, 0.25) is 0 Å². The quantitative estimate of drug-likeness (QED) is 0.588. The van der Waals surface area contributed by atoms with E-state index in [1.807, 2.05) is 6.08 Å². The van der Waals surface area contributed by atoms with Gasteiger partial charge in [0.1, 0.15) is 0 Å². The maximum atomic E-state index is 4.23. The fraction of sp³-hybridized carbons (Fsp3) is 0.333. The first-order valence-electron chi connectivity index (χ1n) is 5.52. The summed E-state index contributed by atoms with van der Waals surface area (Å²) in [7, 11) is 0. The Labute approximate surface area is 92.4 Å². The van der Waals surface area contributed by atoms with E-state index in [4.69, 9.17) is 0 Å². The summed E-state index contributed by atoms with van der Waals surface area (Å²) in [5.41, 5.74) is 5.56. The molecule has 0 amide bonds. The zero-order valence-corrected chi connectivity index (χ0v) is 9.64. The minimum absolute atomic E-state index is 0.109. The molecule has 0 heteroatoms. The van der Waals surface area contributed by atoms with Crippen LogP contribution < -0.4 is 0 Å². The fourth-order valence-corrected chi connectivity index (χ4v) is 2.67. The third-order valence-corrected chi connectivity index (χ3v) is 3.49. The second-order valence-electron chi connectivity index (χ2n) is 4.75. The normalized spacial score (nSPS) is 26.0. The summed E-state index contributed by atoms with van der Waals surface area (Å²) in [6.07, 6.45) is 10.8. The molecule has 0 aromatic rings. The van der Waals surface area contributed by atoms with Crippen LogP contribution in [-0.4, -0.2) is 0 Å². The third-order valence-electron chi connectivity index (χ3n) is 3.49. The summed E-state index contributed by atoms with van der Waals surface area (Å²) in [6, 6.07) is 0. The SMILES string of the molecule is C=C/C=C1\C(=C)C2=C(C=CCC2)C1(C)C. The van der Waals surface area contributed by atoms with Crippen LogP contribution in [0, 0.1) is 5.41 Å². The average Bonchev–Trinajstić information content (AvgIpc) is 2.41. The summed E-state index contributed by atoms with van der Waals surface area (Å²) >= 11 is 0. The molecular weight excluding hydrogens is 180 g/mol. The largest absolute Gasteiger partial charge is 0.0991 e. The Balaban J connectivity index is 2.56. The summed E-state index contributed by atoms with van der Waals surface area (Å²) in [6.45, 7) is 12.6. The van der Waals surface area contributed by atoms with Gasteiger partial charge < -0.3 is 0 Å². The number of hydrogen-bond acceptors (Lipinski definition) is 0. The lowest BCUT2D eigenvalue weighted by Gasteiger charge is -2.23. The Morgan fingerprint density at radius 1 is 1.40 bits per heavy atom. The molecule has 2 rings (SSSR count). The summed E-state index contributed by atoms with van der Waals surface area (Å²) in [5.74, 6) is 0. The number of allylic oxidation sites excluding steroid dienone is 8. The van der Waals surface area contributed by atoms with Crippen LogP contribution in [0.15, 0.2) is 59.8 Å². The van der Waals surface area contributed by atoms with Gasteiger partial charge in [-0.05, 0) is 35.1 Å². The van der Waals surface area contributed by atoms with E-state index in [1.165, 1.54) is 22.3 Å². The van der Waals surface area contributed by atoms with Gasteiger partial charge in [-0.3, -0.25) is 0 Å². The molecule has 0 bridgehead atoms. The maximum absolute atomic E-state index is 4.23. The predicted octanol–water partition coefficient (Wildman–Crippen LogP) is 4.34. The summed E-state index contributed by atoms with van der Waals surface area (Å²) in [4.78, 5) is 0. The highest BCUT2D eigenvalue weighted by atomic mass is 14.4. The number of rotatable bonds is 1. The third kappa shape index (κ3) is 1.36. The van der Waals surface area contributed by atoms with E-state index < -0.39 is 0 Å². The molecule has 0 aromatic heterocycles. The number of hydrogen-bond donors (Lipinski definition) is 0. The molecule has 0 aromatic carbocycles. The molecule has 78 valence electrons. The van der Waals surface area contributed by atoms with Crippen molar-refractivity contribution in [3.05, 3.63) is 59.8 Å². The molecule has 2 aliphatic rings. The summed E-state index contributed by atoms with van der Waals surface area (Å²) in [5, 5.41) is 0. The summed E-state index contributed by atoms with van der Waals surface area (Å²) < 4.78 is 0. The van der Waals surface area contributed by atoms with Gasteiger partial charge in [-0.15, -0.1) is 0 Å². The molecule has 0 atom stereocenters. The minimum atomic E-state index is 0.109. The van der Waals surface area contributed by atoms with Gasteiger partial charge in [0.15, 0.2) is 0 Å². The molecule has 0 fully saturated rings. The highest BCUT2D eigenvalue weighted by molar-refractivity contribution is 5.64. The first kappa shape index (κ1) is 10.2. The van der Waals surface area contributed by atoms with Crippen LogP contribution >= 0.6 is 0 Å². The van der Waals surface area contributed by atoms with Crippen molar-refractivity contribution < 1.29 is 0 Å². The van der Waals surface area contributed by atoms with Crippen molar-refractivity contribution >= 4 is 0 Å². The van der Waals surface area contributed by atoms with Crippen LogP contribution in [0.4, 0.5) is 0 Å². The maximum Gasteiger partial charge on any atom is 0.0155 e. The Morgan fingerprint density at radius 2 is 2.13 bits per heavy atom. The van der Waals surface area contributed by atoms with Crippen LogP contribution in [0.3, 0.4) is 0 Å². The van der Waals surface area contributed by atoms with Crippen LogP contribution in [-0.2, 0) is 0 Å². The van der Waals surface area contributed by atoms with Crippen LogP contribution in [0.1, 0.15) is 26.7 Å². The van der Waals surface area contributed by atoms with Crippen molar-refractivity contribution in [2.75, 3.05) is 0 Å². The first-order chi connectivity index (χ1) is 7.09. The van der Waals surface area contributed by atoms with Gasteiger partial charge in [-0.1, -0.05) is 51.3 Å². The fourth-order valence-electron chi connectivity index (χ4n) is 2.67. The van der Waals surface area contributed by atoms with E-state index in [0.717, 1.165) is 12.8 Å². The molecule has 0 saturated carbocycles. The molecule has 0 aliphatic heterocycles. The second-order valence-corrected chi connectivity index (χ2v) is 4.75. The van der Waals surface area contributed by atoms with Crippen molar-refractivity contribution in [3.8, 4) is 0 Å². The molecule has 0 N–H and O–H groups in total. The highest BCUT2D eigenvalue weighted by Crippen LogP contribution is 2.52. The van der Waals surface area contributed by atoms with Gasteiger partial charge in [-0.25, -0.2) is 0 Å².